The third kappa shape index (κ3) is 9.67. The largest absolute Gasteiger partial charge is 0.457 e. The van der Waals surface area contributed by atoms with Gasteiger partial charge in [0.25, 0.3) is 5.91 Å². The van der Waals surface area contributed by atoms with Crippen LogP contribution in [0.1, 0.15) is 55.6 Å². The maximum absolute atomic E-state index is 14.0. The van der Waals surface area contributed by atoms with E-state index in [-0.39, 0.29) is 23.5 Å². The van der Waals surface area contributed by atoms with Crippen LogP contribution in [-0.2, 0) is 11.3 Å². The molecule has 0 aliphatic carbocycles. The molecule has 1 saturated heterocycles. The van der Waals surface area contributed by atoms with Crippen molar-refractivity contribution in [3.63, 3.8) is 0 Å². The molecular formula is C38H45N9O4. The highest BCUT2D eigenvalue weighted by Gasteiger charge is 2.34. The highest BCUT2D eigenvalue weighted by atomic mass is 16.5. The van der Waals surface area contributed by atoms with Crippen molar-refractivity contribution in [1.29, 1.82) is 0 Å². The summed E-state index contributed by atoms with van der Waals surface area (Å²) in [5.74, 6) is 1.15. The monoisotopic (exact) mass is 691 g/mol. The zero-order valence-electron chi connectivity index (χ0n) is 29.4. The quantitative estimate of drug-likeness (QED) is 0.136. The van der Waals surface area contributed by atoms with E-state index in [1.807, 2.05) is 23.1 Å². The average molecular weight is 692 g/mol. The normalized spacial score (nSPS) is 13.8. The van der Waals surface area contributed by atoms with Gasteiger partial charge < -0.3 is 30.5 Å². The smallest absolute Gasteiger partial charge is 0.330 e. The van der Waals surface area contributed by atoms with Gasteiger partial charge >= 0.3 is 6.03 Å². The van der Waals surface area contributed by atoms with E-state index in [1.165, 1.54) is 38.0 Å². The first-order chi connectivity index (χ1) is 24.8. The van der Waals surface area contributed by atoms with E-state index >= 15 is 0 Å². The summed E-state index contributed by atoms with van der Waals surface area (Å²) in [7, 11) is 1.54. The molecule has 4 amide bonds. The molecule has 2 aromatic carbocycles. The third-order valence-electron chi connectivity index (χ3n) is 8.36. The Labute approximate surface area is 298 Å². The van der Waals surface area contributed by atoms with Crippen LogP contribution in [-0.4, -0.2) is 75.8 Å². The molecule has 2 aliphatic rings. The van der Waals surface area contributed by atoms with Gasteiger partial charge in [-0.1, -0.05) is 39.3 Å². The summed E-state index contributed by atoms with van der Waals surface area (Å²) >= 11 is 0. The second kappa shape index (κ2) is 17.7. The minimum atomic E-state index is -0.348. The third-order valence-corrected chi connectivity index (χ3v) is 8.36. The number of urea groups is 1. The number of fused-ring (bicyclic) bond motifs is 1. The number of unbranched alkanes of at least 4 members (excludes halogenated alkanes) is 1. The van der Waals surface area contributed by atoms with E-state index in [0.717, 1.165) is 25.2 Å². The fourth-order valence-electron chi connectivity index (χ4n) is 5.46. The first kappa shape index (κ1) is 36.5. The zero-order chi connectivity index (χ0) is 36.2. The Balaban J connectivity index is 0.00000120. The fourth-order valence-corrected chi connectivity index (χ4v) is 5.46. The van der Waals surface area contributed by atoms with Crippen LogP contribution in [0, 0.1) is 0 Å². The van der Waals surface area contributed by atoms with Crippen molar-refractivity contribution in [3.8, 4) is 11.5 Å². The summed E-state index contributed by atoms with van der Waals surface area (Å²) in [5.41, 5.74) is 2.85. The summed E-state index contributed by atoms with van der Waals surface area (Å²) in [6.07, 6.45) is 9.44. The van der Waals surface area contributed by atoms with Crippen LogP contribution in [0.2, 0.25) is 0 Å². The molecule has 51 heavy (non-hydrogen) atoms. The molecule has 4 heterocycles. The van der Waals surface area contributed by atoms with Crippen LogP contribution in [0.15, 0.2) is 85.7 Å². The van der Waals surface area contributed by atoms with Crippen LogP contribution < -0.4 is 25.6 Å². The van der Waals surface area contributed by atoms with Gasteiger partial charge in [-0.2, -0.15) is 4.98 Å². The number of benzene rings is 2. The average Bonchev–Trinajstić information content (AvgIpc) is 3.69. The van der Waals surface area contributed by atoms with E-state index in [4.69, 9.17) is 9.72 Å². The molecule has 13 nitrogen and oxygen atoms in total. The number of carbonyl (C=O) groups excluding carboxylic acids is 3. The molecule has 0 spiro atoms. The number of nitrogens with one attached hydrogen (secondary N) is 3. The zero-order valence-corrected chi connectivity index (χ0v) is 29.4. The standard InChI is InChI=1S/C34H35N9O4.C4H10/c1-3-30(44)38-25-7-6-8-26(19-25)43-31-23(22-42(34(43)46)18-17-41-15-4-5-16-41)21-37-33(40-31)39-24-9-11-27(12-10-24)47-28-13-14-36-29(20-28)32(45)35-2;1-3-4-2/h3,6-14,19-21H,1,4-5,15-18,22H2,2H3,(H,35,45)(H,38,44)(H,37,39,40);3-4H2,1-2H3. The number of carbonyl (C=O) groups is 3. The van der Waals surface area contributed by atoms with Gasteiger partial charge in [0, 0.05) is 55.5 Å². The highest BCUT2D eigenvalue weighted by molar-refractivity contribution is 6.03. The number of rotatable bonds is 12. The fraction of sp³-hybridized carbons (Fsp3) is 0.316. The molecule has 3 N–H and O–H groups in total. The van der Waals surface area contributed by atoms with Crippen LogP contribution >= 0.6 is 0 Å². The molecule has 0 unspecified atom stereocenters. The Morgan fingerprint density at radius 2 is 1.71 bits per heavy atom. The topological polar surface area (TPSA) is 145 Å². The van der Waals surface area contributed by atoms with E-state index in [2.05, 4.69) is 51.2 Å². The molecule has 0 saturated carbocycles. The van der Waals surface area contributed by atoms with Gasteiger partial charge in [-0.15, -0.1) is 0 Å². The van der Waals surface area contributed by atoms with Crippen LogP contribution in [0.25, 0.3) is 0 Å². The molecule has 0 radical (unpaired) electrons. The number of anilines is 5. The summed E-state index contributed by atoms with van der Waals surface area (Å²) in [6.45, 7) is 11.7. The number of hydrogen-bond donors (Lipinski definition) is 3. The summed E-state index contributed by atoms with van der Waals surface area (Å²) < 4.78 is 5.91. The predicted molar refractivity (Wildman–Crippen MR) is 199 cm³/mol. The minimum Gasteiger partial charge on any atom is -0.457 e. The Bertz CT molecular complexity index is 1820. The van der Waals surface area contributed by atoms with Gasteiger partial charge in [-0.05, 0) is 80.5 Å². The van der Waals surface area contributed by atoms with Crippen molar-refractivity contribution in [1.82, 2.24) is 30.1 Å². The van der Waals surface area contributed by atoms with Crippen molar-refractivity contribution >= 4 is 46.7 Å². The maximum atomic E-state index is 14.0. The summed E-state index contributed by atoms with van der Waals surface area (Å²) in [5, 5.41) is 8.53. The van der Waals surface area contributed by atoms with Crippen LogP contribution in [0.3, 0.4) is 0 Å². The van der Waals surface area contributed by atoms with Crippen LogP contribution in [0.5, 0.6) is 11.5 Å². The first-order valence-electron chi connectivity index (χ1n) is 17.3. The van der Waals surface area contributed by atoms with E-state index in [1.54, 1.807) is 60.6 Å². The molecule has 4 aromatic rings. The molecule has 13 heteroatoms. The number of hydrogen-bond acceptors (Lipinski definition) is 9. The SMILES string of the molecule is C=CC(=O)Nc1cccc(N2C(=O)N(CCN3CCCC3)Cc3cnc(Nc4ccc(Oc5ccnc(C(=O)NC)c5)cc4)nc32)c1.CCCC. The van der Waals surface area contributed by atoms with Gasteiger partial charge in [0.1, 0.15) is 17.2 Å². The van der Waals surface area contributed by atoms with Gasteiger partial charge in [0.2, 0.25) is 11.9 Å². The summed E-state index contributed by atoms with van der Waals surface area (Å²) in [4.78, 5) is 57.1. The lowest BCUT2D eigenvalue weighted by Gasteiger charge is -2.37. The second-order valence-electron chi connectivity index (χ2n) is 12.1. The van der Waals surface area contributed by atoms with Crippen LogP contribution in [0.4, 0.5) is 33.6 Å². The Morgan fingerprint density at radius 3 is 2.41 bits per heavy atom. The molecule has 0 atom stereocenters. The lowest BCUT2D eigenvalue weighted by Crippen LogP contribution is -2.47. The molecule has 2 aliphatic heterocycles. The van der Waals surface area contributed by atoms with Crippen molar-refractivity contribution < 1.29 is 19.1 Å². The Morgan fingerprint density at radius 1 is 0.941 bits per heavy atom. The first-order valence-corrected chi connectivity index (χ1v) is 17.3. The predicted octanol–water partition coefficient (Wildman–Crippen LogP) is 6.87. The Kier molecular flexibility index (Phi) is 12.7. The van der Waals surface area contributed by atoms with Crippen molar-refractivity contribution in [2.75, 3.05) is 48.8 Å². The molecule has 1 fully saturated rings. The number of ether oxygens (including phenoxy) is 1. The second-order valence-corrected chi connectivity index (χ2v) is 12.1. The summed E-state index contributed by atoms with van der Waals surface area (Å²) in [6, 6.07) is 17.3. The molecule has 266 valence electrons. The van der Waals surface area contributed by atoms with Gasteiger partial charge in [0.05, 0.1) is 12.2 Å². The molecule has 2 aromatic heterocycles. The molecule has 0 bridgehead atoms. The number of amides is 4. The van der Waals surface area contributed by atoms with E-state index < -0.39 is 0 Å². The number of pyridine rings is 1. The van der Waals surface area contributed by atoms with E-state index in [0.29, 0.717) is 53.4 Å². The van der Waals surface area contributed by atoms with E-state index in [9.17, 15) is 14.4 Å². The lowest BCUT2D eigenvalue weighted by atomic mass is 10.1. The van der Waals surface area contributed by atoms with Crippen molar-refractivity contribution in [2.45, 2.75) is 46.1 Å². The highest BCUT2D eigenvalue weighted by Crippen LogP contribution is 2.35. The maximum Gasteiger partial charge on any atom is 0.330 e. The number of aromatic nitrogens is 3. The minimum absolute atomic E-state index is 0.203. The van der Waals surface area contributed by atoms with Gasteiger partial charge in [-0.3, -0.25) is 14.6 Å². The van der Waals surface area contributed by atoms with Crippen molar-refractivity contribution in [3.05, 3.63) is 97.0 Å². The molecular weight excluding hydrogens is 646 g/mol. The van der Waals surface area contributed by atoms with Crippen molar-refractivity contribution in [2.24, 2.45) is 0 Å². The molecule has 6 rings (SSSR count). The lowest BCUT2D eigenvalue weighted by molar-refractivity contribution is -0.111. The number of nitrogens with zero attached hydrogens (tertiary/aromatic N) is 6. The van der Waals surface area contributed by atoms with Gasteiger partial charge in [-0.25, -0.2) is 14.7 Å². The van der Waals surface area contributed by atoms with Gasteiger partial charge in [0.15, 0.2) is 5.82 Å². The Hall–Kier alpha value is -5.82. The number of likely N-dealkylation sites (tertiary alicyclic amines) is 1.